The van der Waals surface area contributed by atoms with Gasteiger partial charge in [0.05, 0.1) is 0 Å². The van der Waals surface area contributed by atoms with Gasteiger partial charge in [0.15, 0.2) is 5.82 Å². The molecule has 112 valence electrons. The van der Waals surface area contributed by atoms with Gasteiger partial charge in [-0.15, -0.1) is 0 Å². The second kappa shape index (κ2) is 5.40. The molecule has 1 aromatic heterocycles. The minimum atomic E-state index is -4.54. The highest BCUT2D eigenvalue weighted by Crippen LogP contribution is 2.34. The molecular formula is C12H18FN3O3S. The Balaban J connectivity index is 1.53. The summed E-state index contributed by atoms with van der Waals surface area (Å²) in [5.41, 5.74) is 0. The van der Waals surface area contributed by atoms with Gasteiger partial charge in [-0.1, -0.05) is 15.5 Å². The second-order valence-electron chi connectivity index (χ2n) is 5.66. The van der Waals surface area contributed by atoms with Crippen LogP contribution in [0.1, 0.15) is 49.7 Å². The molecule has 0 spiro atoms. The van der Waals surface area contributed by atoms with Gasteiger partial charge in [0, 0.05) is 25.4 Å². The van der Waals surface area contributed by atoms with Crippen molar-refractivity contribution in [1.29, 1.82) is 0 Å². The Hall–Kier alpha value is -1.02. The van der Waals surface area contributed by atoms with Crippen LogP contribution in [0.4, 0.5) is 3.89 Å². The minimum absolute atomic E-state index is 0.229. The molecule has 1 saturated carbocycles. The van der Waals surface area contributed by atoms with Gasteiger partial charge in [0.2, 0.25) is 5.89 Å². The zero-order valence-corrected chi connectivity index (χ0v) is 12.0. The maximum atomic E-state index is 12.8. The maximum Gasteiger partial charge on any atom is 0.374 e. The number of hydrogen-bond acceptors (Lipinski definition) is 5. The summed E-state index contributed by atoms with van der Waals surface area (Å²) in [4.78, 5) is 4.41. The van der Waals surface area contributed by atoms with Gasteiger partial charge in [0.1, 0.15) is 0 Å². The van der Waals surface area contributed by atoms with Gasteiger partial charge in [-0.3, -0.25) is 0 Å². The van der Waals surface area contributed by atoms with Crippen molar-refractivity contribution < 1.29 is 16.8 Å². The van der Waals surface area contributed by atoms with E-state index >= 15 is 0 Å². The van der Waals surface area contributed by atoms with Gasteiger partial charge in [-0.2, -0.15) is 17.7 Å². The average Bonchev–Trinajstić information content (AvgIpc) is 2.74. The number of piperidine rings is 1. The van der Waals surface area contributed by atoms with Crippen LogP contribution in [-0.2, 0) is 16.8 Å². The van der Waals surface area contributed by atoms with Crippen molar-refractivity contribution >= 4 is 10.4 Å². The number of halogens is 1. The largest absolute Gasteiger partial charge is 0.374 e. The van der Waals surface area contributed by atoms with Crippen LogP contribution >= 0.6 is 0 Å². The summed E-state index contributed by atoms with van der Waals surface area (Å²) in [5, 5.41) is 4.01. The molecule has 0 bridgehead atoms. The summed E-state index contributed by atoms with van der Waals surface area (Å²) >= 11 is 0. The monoisotopic (exact) mass is 303 g/mol. The third kappa shape index (κ3) is 3.01. The number of rotatable bonds is 4. The van der Waals surface area contributed by atoms with Crippen molar-refractivity contribution in [2.24, 2.45) is 5.92 Å². The highest BCUT2D eigenvalue weighted by Gasteiger charge is 2.29. The third-order valence-corrected chi connectivity index (χ3v) is 5.28. The SMILES string of the molecule is O=S(=O)(F)N1CCC(Cc2nc(C3CCC3)no2)CC1. The Morgan fingerprint density at radius 1 is 1.25 bits per heavy atom. The summed E-state index contributed by atoms with van der Waals surface area (Å²) in [6.45, 7) is 0.459. The van der Waals surface area contributed by atoms with Crippen LogP contribution in [0.15, 0.2) is 4.52 Å². The van der Waals surface area contributed by atoms with Gasteiger partial charge >= 0.3 is 10.4 Å². The van der Waals surface area contributed by atoms with Crippen molar-refractivity contribution in [3.63, 3.8) is 0 Å². The standard InChI is InChI=1S/C12H18FN3O3S/c13-20(17,18)16-6-4-9(5-7-16)8-11-14-12(15-19-11)10-2-1-3-10/h9-10H,1-8H2. The molecule has 3 rings (SSSR count). The lowest BCUT2D eigenvalue weighted by Crippen LogP contribution is -2.36. The number of nitrogens with zero attached hydrogens (tertiary/aromatic N) is 3. The second-order valence-corrected chi connectivity index (χ2v) is 7.00. The van der Waals surface area contributed by atoms with Crippen molar-refractivity contribution in [3.8, 4) is 0 Å². The number of hydrogen-bond donors (Lipinski definition) is 0. The summed E-state index contributed by atoms with van der Waals surface area (Å²) < 4.78 is 40.5. The Morgan fingerprint density at radius 3 is 2.50 bits per heavy atom. The lowest BCUT2D eigenvalue weighted by atomic mass is 9.85. The zero-order chi connectivity index (χ0) is 14.2. The smallest absolute Gasteiger partial charge is 0.339 e. The Bertz CT molecular complexity index is 562. The zero-order valence-electron chi connectivity index (χ0n) is 11.2. The first-order valence-electron chi connectivity index (χ1n) is 7.04. The Morgan fingerprint density at radius 2 is 1.95 bits per heavy atom. The fourth-order valence-electron chi connectivity index (χ4n) is 2.76. The van der Waals surface area contributed by atoms with Gasteiger partial charge in [-0.25, -0.2) is 0 Å². The topological polar surface area (TPSA) is 76.3 Å². The summed E-state index contributed by atoms with van der Waals surface area (Å²) in [5.74, 6) is 2.15. The molecule has 2 heterocycles. The molecule has 0 unspecified atom stereocenters. The lowest BCUT2D eigenvalue weighted by molar-refractivity contribution is 0.247. The van der Waals surface area contributed by atoms with Gasteiger partial charge in [-0.05, 0) is 31.6 Å². The average molecular weight is 303 g/mol. The van der Waals surface area contributed by atoms with Crippen LogP contribution in [-0.4, -0.2) is 36.0 Å². The fourth-order valence-corrected chi connectivity index (χ4v) is 3.41. The highest BCUT2D eigenvalue weighted by molar-refractivity contribution is 7.83. The molecule has 0 N–H and O–H groups in total. The molecule has 1 aliphatic heterocycles. The van der Waals surface area contributed by atoms with E-state index in [0.29, 0.717) is 31.1 Å². The van der Waals surface area contributed by atoms with E-state index in [-0.39, 0.29) is 19.0 Å². The summed E-state index contributed by atoms with van der Waals surface area (Å²) in [6.07, 6.45) is 5.40. The van der Waals surface area contributed by atoms with Crippen molar-refractivity contribution in [2.75, 3.05) is 13.1 Å². The maximum absolute atomic E-state index is 12.8. The van der Waals surface area contributed by atoms with Crippen LogP contribution in [0.5, 0.6) is 0 Å². The first-order chi connectivity index (χ1) is 9.52. The molecule has 1 aromatic rings. The van der Waals surface area contributed by atoms with Crippen LogP contribution in [0.25, 0.3) is 0 Å². The van der Waals surface area contributed by atoms with E-state index in [1.807, 2.05) is 0 Å². The molecule has 2 aliphatic rings. The molecule has 1 saturated heterocycles. The Labute approximate surface area is 117 Å². The molecule has 20 heavy (non-hydrogen) atoms. The molecule has 0 amide bonds. The Kier molecular flexibility index (Phi) is 3.76. The van der Waals surface area contributed by atoms with Crippen molar-refractivity contribution in [2.45, 2.75) is 44.4 Å². The molecule has 0 radical (unpaired) electrons. The van der Waals surface area contributed by atoms with E-state index in [2.05, 4.69) is 10.1 Å². The molecule has 0 atom stereocenters. The molecule has 6 nitrogen and oxygen atoms in total. The predicted molar refractivity (Wildman–Crippen MR) is 68.9 cm³/mol. The van der Waals surface area contributed by atoms with E-state index in [4.69, 9.17) is 4.52 Å². The van der Waals surface area contributed by atoms with Crippen LogP contribution < -0.4 is 0 Å². The van der Waals surface area contributed by atoms with E-state index < -0.39 is 10.4 Å². The molecule has 0 aromatic carbocycles. The van der Waals surface area contributed by atoms with Crippen molar-refractivity contribution in [3.05, 3.63) is 11.7 Å². The third-order valence-electron chi connectivity index (χ3n) is 4.30. The molecule has 2 fully saturated rings. The lowest BCUT2D eigenvalue weighted by Gasteiger charge is -2.27. The van der Waals surface area contributed by atoms with Crippen LogP contribution in [0.2, 0.25) is 0 Å². The molecule has 1 aliphatic carbocycles. The quantitative estimate of drug-likeness (QED) is 0.793. The highest BCUT2D eigenvalue weighted by atomic mass is 32.3. The molecule has 8 heteroatoms. The predicted octanol–water partition coefficient (Wildman–Crippen LogP) is 1.81. The van der Waals surface area contributed by atoms with Crippen LogP contribution in [0.3, 0.4) is 0 Å². The van der Waals surface area contributed by atoms with E-state index in [1.54, 1.807) is 0 Å². The number of aromatic nitrogens is 2. The normalized spacial score (nSPS) is 22.9. The van der Waals surface area contributed by atoms with Crippen LogP contribution in [0, 0.1) is 5.92 Å². The first-order valence-corrected chi connectivity index (χ1v) is 8.38. The van der Waals surface area contributed by atoms with Gasteiger partial charge < -0.3 is 4.52 Å². The van der Waals surface area contributed by atoms with E-state index in [0.717, 1.165) is 23.0 Å². The fraction of sp³-hybridized carbons (Fsp3) is 0.833. The molecular weight excluding hydrogens is 285 g/mol. The van der Waals surface area contributed by atoms with Gasteiger partial charge in [0.25, 0.3) is 0 Å². The van der Waals surface area contributed by atoms with E-state index in [1.165, 1.54) is 6.42 Å². The summed E-state index contributed by atoms with van der Waals surface area (Å²) in [6, 6.07) is 0. The first kappa shape index (κ1) is 13.9. The van der Waals surface area contributed by atoms with Crippen molar-refractivity contribution in [1.82, 2.24) is 14.4 Å². The summed E-state index contributed by atoms with van der Waals surface area (Å²) in [7, 11) is -4.54. The minimum Gasteiger partial charge on any atom is -0.339 e. The van der Waals surface area contributed by atoms with E-state index in [9.17, 15) is 12.3 Å².